The van der Waals surface area contributed by atoms with Crippen molar-refractivity contribution in [2.45, 2.75) is 20.1 Å². The smallest absolute Gasteiger partial charge is 0.138 e. The first kappa shape index (κ1) is 18.9. The number of ether oxygens (including phenoxy) is 1. The van der Waals surface area contributed by atoms with Crippen LogP contribution >= 0.6 is 34.8 Å². The van der Waals surface area contributed by atoms with Crippen molar-refractivity contribution < 1.29 is 4.74 Å². The fourth-order valence-electron chi connectivity index (χ4n) is 2.53. The summed E-state index contributed by atoms with van der Waals surface area (Å²) < 4.78 is 5.80. The molecule has 3 aromatic rings. The van der Waals surface area contributed by atoms with E-state index in [1.165, 1.54) is 5.56 Å². The number of anilines is 1. The van der Waals surface area contributed by atoms with Crippen LogP contribution in [0.3, 0.4) is 0 Å². The van der Waals surface area contributed by atoms with Gasteiger partial charge in [-0.05, 0) is 48.4 Å². The van der Waals surface area contributed by atoms with Crippen LogP contribution in [0.25, 0.3) is 0 Å². The molecule has 26 heavy (non-hydrogen) atoms. The van der Waals surface area contributed by atoms with E-state index in [4.69, 9.17) is 39.5 Å². The molecule has 1 N–H and O–H groups in total. The van der Waals surface area contributed by atoms with Crippen LogP contribution in [0.4, 0.5) is 5.69 Å². The minimum absolute atomic E-state index is 0.330. The van der Waals surface area contributed by atoms with E-state index in [1.54, 1.807) is 12.1 Å². The van der Waals surface area contributed by atoms with Crippen molar-refractivity contribution in [1.29, 1.82) is 0 Å². The predicted octanol–water partition coefficient (Wildman–Crippen LogP) is 7.15. The SMILES string of the molecule is Cc1ccccc1NCc1ccc(OCc2ccc(Cl)cc2Cl)c(Cl)c1. The zero-order chi connectivity index (χ0) is 18.5. The van der Waals surface area contributed by atoms with E-state index in [2.05, 4.69) is 24.4 Å². The van der Waals surface area contributed by atoms with Crippen LogP contribution in [-0.2, 0) is 13.2 Å². The van der Waals surface area contributed by atoms with Crippen molar-refractivity contribution >= 4 is 40.5 Å². The lowest BCUT2D eigenvalue weighted by Gasteiger charge is -2.12. The van der Waals surface area contributed by atoms with Gasteiger partial charge in [0, 0.05) is 27.8 Å². The summed E-state index contributed by atoms with van der Waals surface area (Å²) >= 11 is 18.4. The Balaban J connectivity index is 1.63. The first-order valence-corrected chi connectivity index (χ1v) is 9.31. The predicted molar refractivity (Wildman–Crippen MR) is 111 cm³/mol. The number of benzene rings is 3. The molecule has 0 heterocycles. The molecule has 0 unspecified atom stereocenters. The molecule has 3 aromatic carbocycles. The van der Waals surface area contributed by atoms with Crippen LogP contribution < -0.4 is 10.1 Å². The van der Waals surface area contributed by atoms with Gasteiger partial charge in [-0.3, -0.25) is 0 Å². The Morgan fingerprint density at radius 1 is 0.885 bits per heavy atom. The van der Waals surface area contributed by atoms with E-state index < -0.39 is 0 Å². The molecule has 0 aromatic heterocycles. The van der Waals surface area contributed by atoms with Crippen LogP contribution in [0.15, 0.2) is 60.7 Å². The minimum atomic E-state index is 0.330. The first-order valence-electron chi connectivity index (χ1n) is 8.17. The number of hydrogen-bond acceptors (Lipinski definition) is 2. The summed E-state index contributed by atoms with van der Waals surface area (Å²) in [5.41, 5.74) is 4.26. The molecular formula is C21H18Cl3NO. The average molecular weight is 407 g/mol. The lowest BCUT2D eigenvalue weighted by Crippen LogP contribution is -2.02. The summed E-state index contributed by atoms with van der Waals surface area (Å²) in [5.74, 6) is 0.623. The number of halogens is 3. The van der Waals surface area contributed by atoms with Crippen molar-refractivity contribution in [2.24, 2.45) is 0 Å². The summed E-state index contributed by atoms with van der Waals surface area (Å²) in [7, 11) is 0. The van der Waals surface area contributed by atoms with Crippen molar-refractivity contribution in [3.63, 3.8) is 0 Å². The van der Waals surface area contributed by atoms with Gasteiger partial charge in [-0.1, -0.05) is 65.1 Å². The Kier molecular flexibility index (Phi) is 6.31. The second-order valence-corrected chi connectivity index (χ2v) is 7.21. The number of aryl methyl sites for hydroxylation is 1. The van der Waals surface area contributed by atoms with Crippen molar-refractivity contribution in [1.82, 2.24) is 0 Å². The summed E-state index contributed by atoms with van der Waals surface area (Å²) in [6, 6.07) is 19.3. The minimum Gasteiger partial charge on any atom is -0.487 e. The standard InChI is InChI=1S/C21H18Cl3NO/c1-14-4-2-3-5-20(14)25-12-15-6-9-21(19(24)10-15)26-13-16-7-8-17(22)11-18(16)23/h2-11,25H,12-13H2,1H3. The van der Waals surface area contributed by atoms with Gasteiger partial charge in [0.05, 0.1) is 5.02 Å². The Morgan fingerprint density at radius 3 is 2.42 bits per heavy atom. The van der Waals surface area contributed by atoms with Crippen LogP contribution in [0.2, 0.25) is 15.1 Å². The maximum atomic E-state index is 6.37. The van der Waals surface area contributed by atoms with E-state index in [-0.39, 0.29) is 0 Å². The molecule has 2 nitrogen and oxygen atoms in total. The number of nitrogens with one attached hydrogen (secondary N) is 1. The highest BCUT2D eigenvalue weighted by molar-refractivity contribution is 6.35. The van der Waals surface area contributed by atoms with Crippen molar-refractivity contribution in [3.05, 3.63) is 92.4 Å². The summed E-state index contributed by atoms with van der Waals surface area (Å²) in [4.78, 5) is 0. The molecule has 0 saturated carbocycles. The van der Waals surface area contributed by atoms with Gasteiger partial charge in [-0.2, -0.15) is 0 Å². The lowest BCUT2D eigenvalue weighted by atomic mass is 10.1. The lowest BCUT2D eigenvalue weighted by molar-refractivity contribution is 0.306. The molecule has 0 bridgehead atoms. The molecule has 0 aliphatic rings. The Labute approximate surface area is 168 Å². The van der Waals surface area contributed by atoms with Gasteiger partial charge in [0.25, 0.3) is 0 Å². The quantitative estimate of drug-likeness (QED) is 0.469. The monoisotopic (exact) mass is 405 g/mol. The Bertz CT molecular complexity index is 912. The third-order valence-corrected chi connectivity index (χ3v) is 4.90. The van der Waals surface area contributed by atoms with Crippen LogP contribution in [0.1, 0.15) is 16.7 Å². The summed E-state index contributed by atoms with van der Waals surface area (Å²) in [6.45, 7) is 3.10. The maximum Gasteiger partial charge on any atom is 0.138 e. The average Bonchev–Trinajstić information content (AvgIpc) is 2.61. The Hall–Kier alpha value is -1.87. The number of para-hydroxylation sites is 1. The zero-order valence-corrected chi connectivity index (χ0v) is 16.5. The number of hydrogen-bond donors (Lipinski definition) is 1. The van der Waals surface area contributed by atoms with Crippen molar-refractivity contribution in [3.8, 4) is 5.75 Å². The van der Waals surface area contributed by atoms with Gasteiger partial charge in [0.2, 0.25) is 0 Å². The third kappa shape index (κ3) is 4.85. The fourth-order valence-corrected chi connectivity index (χ4v) is 3.25. The van der Waals surface area contributed by atoms with E-state index in [1.807, 2.05) is 36.4 Å². The largest absolute Gasteiger partial charge is 0.487 e. The molecular weight excluding hydrogens is 389 g/mol. The normalized spacial score (nSPS) is 10.6. The van der Waals surface area contributed by atoms with Gasteiger partial charge in [-0.15, -0.1) is 0 Å². The van der Waals surface area contributed by atoms with Gasteiger partial charge in [-0.25, -0.2) is 0 Å². The molecule has 0 spiro atoms. The molecule has 0 amide bonds. The molecule has 0 radical (unpaired) electrons. The topological polar surface area (TPSA) is 21.3 Å². The maximum absolute atomic E-state index is 6.37. The van der Waals surface area contributed by atoms with Crippen LogP contribution in [0, 0.1) is 6.92 Å². The molecule has 0 atom stereocenters. The first-order chi connectivity index (χ1) is 12.5. The highest BCUT2D eigenvalue weighted by Gasteiger charge is 2.07. The molecule has 0 aliphatic heterocycles. The highest BCUT2D eigenvalue weighted by atomic mass is 35.5. The summed E-state index contributed by atoms with van der Waals surface area (Å²) in [5, 5.41) is 5.16. The molecule has 0 saturated heterocycles. The van der Waals surface area contributed by atoms with Gasteiger partial charge in [0.1, 0.15) is 12.4 Å². The van der Waals surface area contributed by atoms with E-state index in [0.29, 0.717) is 34.0 Å². The second-order valence-electron chi connectivity index (χ2n) is 5.96. The van der Waals surface area contributed by atoms with Crippen LogP contribution in [-0.4, -0.2) is 0 Å². The van der Waals surface area contributed by atoms with Crippen molar-refractivity contribution in [2.75, 3.05) is 5.32 Å². The second kappa shape index (κ2) is 8.68. The summed E-state index contributed by atoms with van der Waals surface area (Å²) in [6.07, 6.45) is 0. The number of rotatable bonds is 6. The Morgan fingerprint density at radius 2 is 1.69 bits per heavy atom. The molecule has 0 fully saturated rings. The van der Waals surface area contributed by atoms with Crippen LogP contribution in [0.5, 0.6) is 5.75 Å². The van der Waals surface area contributed by atoms with Gasteiger partial charge < -0.3 is 10.1 Å². The molecule has 5 heteroatoms. The molecule has 3 rings (SSSR count). The molecule has 0 aliphatic carbocycles. The van der Waals surface area contributed by atoms with E-state index >= 15 is 0 Å². The molecule has 134 valence electrons. The third-order valence-electron chi connectivity index (χ3n) is 4.02. The fraction of sp³-hybridized carbons (Fsp3) is 0.143. The highest BCUT2D eigenvalue weighted by Crippen LogP contribution is 2.28. The van der Waals surface area contributed by atoms with Gasteiger partial charge >= 0.3 is 0 Å². The zero-order valence-electron chi connectivity index (χ0n) is 14.2. The van der Waals surface area contributed by atoms with E-state index in [0.717, 1.165) is 16.8 Å². The van der Waals surface area contributed by atoms with Gasteiger partial charge in [0.15, 0.2) is 0 Å². The van der Waals surface area contributed by atoms with E-state index in [9.17, 15) is 0 Å².